The number of benzene rings is 2. The van der Waals surface area contributed by atoms with Gasteiger partial charge in [0.25, 0.3) is 0 Å². The summed E-state index contributed by atoms with van der Waals surface area (Å²) in [6.07, 6.45) is 2.60. The second kappa shape index (κ2) is 9.76. The van der Waals surface area contributed by atoms with Gasteiger partial charge in [-0.15, -0.1) is 11.8 Å². The number of hydrogen-bond donors (Lipinski definition) is 0. The van der Waals surface area contributed by atoms with E-state index >= 15 is 0 Å². The molecule has 1 fully saturated rings. The van der Waals surface area contributed by atoms with Gasteiger partial charge in [0, 0.05) is 37.5 Å². The highest BCUT2D eigenvalue weighted by molar-refractivity contribution is 7.98. The fourth-order valence-electron chi connectivity index (χ4n) is 3.10. The molecule has 0 aromatic heterocycles. The van der Waals surface area contributed by atoms with Gasteiger partial charge >= 0.3 is 0 Å². The topological polar surface area (TPSA) is 32.8 Å². The Bertz CT molecular complexity index is 737. The largest absolute Gasteiger partial charge is 0.492 e. The maximum Gasteiger partial charge on any atom is 0.224 e. The fraction of sp³-hybridized carbons (Fsp3) is 0.381. The van der Waals surface area contributed by atoms with Crippen LogP contribution in [0, 0.1) is 5.82 Å². The molecular weight excluding hydrogens is 363 g/mol. The molecule has 1 heterocycles. The van der Waals surface area contributed by atoms with E-state index < -0.39 is 0 Å². The lowest BCUT2D eigenvalue weighted by atomic mass is 10.2. The number of amides is 1. The van der Waals surface area contributed by atoms with Crippen molar-refractivity contribution in [1.82, 2.24) is 9.80 Å². The second-order valence-corrected chi connectivity index (χ2v) is 7.44. The molecule has 1 saturated heterocycles. The van der Waals surface area contributed by atoms with Crippen molar-refractivity contribution in [2.24, 2.45) is 0 Å². The molecule has 0 N–H and O–H groups in total. The van der Waals surface area contributed by atoms with Crippen molar-refractivity contribution >= 4 is 17.7 Å². The molecule has 1 aliphatic rings. The Morgan fingerprint density at radius 2 is 1.78 bits per heavy atom. The van der Waals surface area contributed by atoms with Gasteiger partial charge in [0.05, 0.1) is 6.54 Å². The number of ether oxygens (including phenoxy) is 1. The van der Waals surface area contributed by atoms with Gasteiger partial charge < -0.3 is 9.64 Å². The smallest absolute Gasteiger partial charge is 0.224 e. The maximum absolute atomic E-state index is 12.9. The van der Waals surface area contributed by atoms with Crippen LogP contribution in [-0.2, 0) is 11.3 Å². The molecule has 0 bridgehead atoms. The highest BCUT2D eigenvalue weighted by Gasteiger charge is 2.20. The predicted molar refractivity (Wildman–Crippen MR) is 107 cm³/mol. The van der Waals surface area contributed by atoms with Crippen molar-refractivity contribution in [3.05, 3.63) is 59.9 Å². The first-order valence-electron chi connectivity index (χ1n) is 9.15. The zero-order valence-electron chi connectivity index (χ0n) is 15.6. The van der Waals surface area contributed by atoms with Crippen LogP contribution in [0.15, 0.2) is 53.4 Å². The Morgan fingerprint density at radius 1 is 1.04 bits per heavy atom. The predicted octanol–water partition coefficient (Wildman–Crippen LogP) is 3.66. The van der Waals surface area contributed by atoms with Gasteiger partial charge in [0.15, 0.2) is 0 Å². The van der Waals surface area contributed by atoms with Gasteiger partial charge in [-0.1, -0.05) is 12.1 Å². The molecule has 0 saturated carbocycles. The third-order valence-electron chi connectivity index (χ3n) is 4.69. The van der Waals surface area contributed by atoms with Gasteiger partial charge in [-0.25, -0.2) is 4.39 Å². The van der Waals surface area contributed by atoms with Crippen LogP contribution in [-0.4, -0.2) is 54.7 Å². The van der Waals surface area contributed by atoms with Gasteiger partial charge in [-0.05, 0) is 48.2 Å². The molecule has 0 spiro atoms. The Labute approximate surface area is 164 Å². The highest BCUT2D eigenvalue weighted by Crippen LogP contribution is 2.17. The number of nitrogens with zero attached hydrogens (tertiary/aromatic N) is 2. The standard InChI is InChI=1S/C21H25FN2O2S/c1-27-20-8-2-17(3-9-20)16-23-11-10-21(25)24(13-12-23)14-15-26-19-6-4-18(22)5-7-19/h2-9H,10-16H2,1H3. The average molecular weight is 389 g/mol. The van der Waals surface area contributed by atoms with E-state index in [0.29, 0.717) is 31.9 Å². The third kappa shape index (κ3) is 5.97. The molecule has 0 aliphatic carbocycles. The lowest BCUT2D eigenvalue weighted by Crippen LogP contribution is -2.36. The monoisotopic (exact) mass is 388 g/mol. The lowest BCUT2D eigenvalue weighted by Gasteiger charge is -2.22. The molecular formula is C21H25FN2O2S. The summed E-state index contributed by atoms with van der Waals surface area (Å²) in [5, 5.41) is 0. The number of rotatable bonds is 7. The summed E-state index contributed by atoms with van der Waals surface area (Å²) in [5.41, 5.74) is 1.27. The highest BCUT2D eigenvalue weighted by atomic mass is 32.2. The molecule has 0 atom stereocenters. The van der Waals surface area contributed by atoms with Crippen molar-refractivity contribution in [3.63, 3.8) is 0 Å². The number of halogens is 1. The summed E-state index contributed by atoms with van der Waals surface area (Å²) in [4.78, 5) is 17.8. The Morgan fingerprint density at radius 3 is 2.48 bits per heavy atom. The Balaban J connectivity index is 1.46. The van der Waals surface area contributed by atoms with Gasteiger partial charge in [-0.3, -0.25) is 9.69 Å². The zero-order chi connectivity index (χ0) is 19.1. The minimum atomic E-state index is -0.284. The van der Waals surface area contributed by atoms with E-state index in [-0.39, 0.29) is 11.7 Å². The summed E-state index contributed by atoms with van der Waals surface area (Å²) in [6, 6.07) is 14.5. The normalized spacial score (nSPS) is 15.6. The minimum absolute atomic E-state index is 0.165. The lowest BCUT2D eigenvalue weighted by molar-refractivity contribution is -0.130. The SMILES string of the molecule is CSc1ccc(CN2CCC(=O)N(CCOc3ccc(F)cc3)CC2)cc1. The van der Waals surface area contributed by atoms with Gasteiger partial charge in [-0.2, -0.15) is 0 Å². The Hall–Kier alpha value is -2.05. The quantitative estimate of drug-likeness (QED) is 0.678. The van der Waals surface area contributed by atoms with Crippen molar-refractivity contribution < 1.29 is 13.9 Å². The third-order valence-corrected chi connectivity index (χ3v) is 5.43. The zero-order valence-corrected chi connectivity index (χ0v) is 16.4. The Kier molecular flexibility index (Phi) is 7.12. The molecule has 1 amide bonds. The summed E-state index contributed by atoms with van der Waals surface area (Å²) in [7, 11) is 0. The van der Waals surface area contributed by atoms with E-state index in [4.69, 9.17) is 4.74 Å². The summed E-state index contributed by atoms with van der Waals surface area (Å²) in [5.74, 6) is 0.500. The molecule has 3 rings (SSSR count). The van der Waals surface area contributed by atoms with E-state index in [2.05, 4.69) is 35.4 Å². The minimum Gasteiger partial charge on any atom is -0.492 e. The molecule has 2 aromatic carbocycles. The molecule has 4 nitrogen and oxygen atoms in total. The van der Waals surface area contributed by atoms with Gasteiger partial charge in [0.2, 0.25) is 5.91 Å². The second-order valence-electron chi connectivity index (χ2n) is 6.56. The van der Waals surface area contributed by atoms with Crippen molar-refractivity contribution in [2.75, 3.05) is 39.0 Å². The van der Waals surface area contributed by atoms with Crippen LogP contribution in [0.1, 0.15) is 12.0 Å². The molecule has 1 aliphatic heterocycles. The van der Waals surface area contributed by atoms with Gasteiger partial charge in [0.1, 0.15) is 18.2 Å². The molecule has 27 heavy (non-hydrogen) atoms. The number of thioether (sulfide) groups is 1. The van der Waals surface area contributed by atoms with E-state index in [1.54, 1.807) is 23.9 Å². The molecule has 0 unspecified atom stereocenters. The van der Waals surface area contributed by atoms with E-state index in [1.165, 1.54) is 22.6 Å². The fourth-order valence-corrected chi connectivity index (χ4v) is 3.51. The van der Waals surface area contributed by atoms with E-state index in [1.807, 2.05) is 4.90 Å². The van der Waals surface area contributed by atoms with Crippen molar-refractivity contribution in [3.8, 4) is 5.75 Å². The van der Waals surface area contributed by atoms with E-state index in [0.717, 1.165) is 19.6 Å². The van der Waals surface area contributed by atoms with Crippen LogP contribution in [0.2, 0.25) is 0 Å². The summed E-state index contributed by atoms with van der Waals surface area (Å²) < 4.78 is 18.5. The van der Waals surface area contributed by atoms with Crippen LogP contribution in [0.25, 0.3) is 0 Å². The summed E-state index contributed by atoms with van der Waals surface area (Å²) >= 11 is 1.74. The number of carbonyl (C=O) groups is 1. The first-order chi connectivity index (χ1) is 13.1. The maximum atomic E-state index is 12.9. The first-order valence-corrected chi connectivity index (χ1v) is 10.4. The molecule has 0 radical (unpaired) electrons. The van der Waals surface area contributed by atoms with Crippen LogP contribution in [0.4, 0.5) is 4.39 Å². The van der Waals surface area contributed by atoms with Crippen LogP contribution < -0.4 is 4.74 Å². The summed E-state index contributed by atoms with van der Waals surface area (Å²) in [6.45, 7) is 4.15. The van der Waals surface area contributed by atoms with E-state index in [9.17, 15) is 9.18 Å². The molecule has 144 valence electrons. The molecule has 2 aromatic rings. The average Bonchev–Trinajstić information content (AvgIpc) is 2.86. The van der Waals surface area contributed by atoms with Crippen LogP contribution in [0.5, 0.6) is 5.75 Å². The van der Waals surface area contributed by atoms with Crippen LogP contribution >= 0.6 is 11.8 Å². The molecule has 6 heteroatoms. The first kappa shape index (κ1) is 19.7. The number of hydrogen-bond acceptors (Lipinski definition) is 4. The number of carbonyl (C=O) groups excluding carboxylic acids is 1. The van der Waals surface area contributed by atoms with Crippen molar-refractivity contribution in [2.45, 2.75) is 17.9 Å². The van der Waals surface area contributed by atoms with Crippen LogP contribution in [0.3, 0.4) is 0 Å². The van der Waals surface area contributed by atoms with Crippen molar-refractivity contribution in [1.29, 1.82) is 0 Å².